The van der Waals surface area contributed by atoms with Crippen molar-refractivity contribution in [3.8, 4) is 0 Å². The second kappa shape index (κ2) is 6.01. The molecule has 1 atom stereocenters. The molecule has 15 heavy (non-hydrogen) atoms. The molecule has 90 valence electrons. The minimum atomic E-state index is -3.69. The van der Waals surface area contributed by atoms with Crippen molar-refractivity contribution in [2.24, 2.45) is 0 Å². The van der Waals surface area contributed by atoms with Gasteiger partial charge in [-0.05, 0) is 6.92 Å². The molecule has 0 aliphatic carbocycles. The Morgan fingerprint density at radius 3 is 2.47 bits per heavy atom. The van der Waals surface area contributed by atoms with Crippen LogP contribution in [-0.2, 0) is 15.0 Å². The number of aliphatic hydroxyl groups is 1. The molecular weight excluding hydrogens is 224 g/mol. The molecule has 0 amide bonds. The van der Waals surface area contributed by atoms with Crippen LogP contribution in [0.5, 0.6) is 0 Å². The maximum absolute atomic E-state index is 11.4. The lowest BCUT2D eigenvalue weighted by molar-refractivity contribution is -0.137. The van der Waals surface area contributed by atoms with Crippen LogP contribution in [0.4, 0.5) is 0 Å². The number of aliphatic hydroxyl groups excluding tert-OH is 1. The van der Waals surface area contributed by atoms with E-state index in [0.717, 1.165) is 4.31 Å². The molecule has 0 aliphatic heterocycles. The summed E-state index contributed by atoms with van der Waals surface area (Å²) in [6.45, 7) is 1.24. The predicted molar refractivity (Wildman–Crippen MR) is 53.5 cm³/mol. The molecule has 0 saturated carbocycles. The van der Waals surface area contributed by atoms with Crippen LogP contribution < -0.4 is 4.72 Å². The van der Waals surface area contributed by atoms with E-state index in [0.29, 0.717) is 0 Å². The second-order valence-electron chi connectivity index (χ2n) is 3.17. The highest BCUT2D eigenvalue weighted by atomic mass is 32.2. The van der Waals surface area contributed by atoms with Gasteiger partial charge < -0.3 is 10.2 Å². The Bertz CT molecular complexity index is 301. The quantitative estimate of drug-likeness (QED) is 0.508. The molecule has 0 fully saturated rings. The molecule has 0 aromatic rings. The fourth-order valence-corrected chi connectivity index (χ4v) is 1.71. The van der Waals surface area contributed by atoms with Crippen molar-refractivity contribution >= 4 is 16.2 Å². The van der Waals surface area contributed by atoms with Crippen molar-refractivity contribution in [2.45, 2.75) is 19.4 Å². The summed E-state index contributed by atoms with van der Waals surface area (Å²) in [4.78, 5) is 10.2. The lowest BCUT2D eigenvalue weighted by atomic mass is 10.4. The Hall–Kier alpha value is -0.700. The minimum Gasteiger partial charge on any atom is -0.481 e. The van der Waals surface area contributed by atoms with Crippen molar-refractivity contribution in [3.05, 3.63) is 0 Å². The Labute approximate surface area is 88.9 Å². The smallest absolute Gasteiger partial charge is 0.304 e. The van der Waals surface area contributed by atoms with Crippen LogP contribution in [-0.4, -0.2) is 55.1 Å². The average Bonchev–Trinajstić information content (AvgIpc) is 2.11. The number of rotatable bonds is 7. The third-order valence-corrected chi connectivity index (χ3v) is 3.15. The molecule has 0 rings (SSSR count). The van der Waals surface area contributed by atoms with E-state index in [2.05, 4.69) is 4.72 Å². The van der Waals surface area contributed by atoms with Crippen LogP contribution in [0.3, 0.4) is 0 Å². The molecule has 0 aliphatic rings. The van der Waals surface area contributed by atoms with Crippen molar-refractivity contribution < 1.29 is 23.4 Å². The van der Waals surface area contributed by atoms with Gasteiger partial charge in [-0.3, -0.25) is 4.79 Å². The van der Waals surface area contributed by atoms with E-state index in [1.54, 1.807) is 0 Å². The lowest BCUT2D eigenvalue weighted by Crippen LogP contribution is -2.41. The van der Waals surface area contributed by atoms with Crippen molar-refractivity contribution in [2.75, 3.05) is 20.1 Å². The molecule has 0 aromatic carbocycles. The van der Waals surface area contributed by atoms with Crippen LogP contribution in [0.1, 0.15) is 13.3 Å². The molecule has 0 unspecified atom stereocenters. The van der Waals surface area contributed by atoms with E-state index in [9.17, 15) is 13.2 Å². The summed E-state index contributed by atoms with van der Waals surface area (Å²) in [5.74, 6) is -1.06. The van der Waals surface area contributed by atoms with Gasteiger partial charge in [0.25, 0.3) is 10.2 Å². The normalized spacial score (nSPS) is 14.1. The van der Waals surface area contributed by atoms with Gasteiger partial charge in [0, 0.05) is 20.1 Å². The molecule has 0 radical (unpaired) electrons. The first-order valence-electron chi connectivity index (χ1n) is 4.36. The number of hydrogen-bond donors (Lipinski definition) is 3. The van der Waals surface area contributed by atoms with Gasteiger partial charge in [0.15, 0.2) is 0 Å². The highest BCUT2D eigenvalue weighted by Crippen LogP contribution is 1.96. The largest absolute Gasteiger partial charge is 0.481 e. The fraction of sp³-hybridized carbons (Fsp3) is 0.857. The molecule has 0 saturated heterocycles. The zero-order valence-corrected chi connectivity index (χ0v) is 9.49. The zero-order chi connectivity index (χ0) is 12.1. The van der Waals surface area contributed by atoms with Gasteiger partial charge in [-0.25, -0.2) is 0 Å². The maximum atomic E-state index is 11.4. The van der Waals surface area contributed by atoms with Gasteiger partial charge in [-0.1, -0.05) is 0 Å². The van der Waals surface area contributed by atoms with Gasteiger partial charge in [0.05, 0.1) is 12.5 Å². The molecule has 0 spiro atoms. The van der Waals surface area contributed by atoms with Crippen molar-refractivity contribution in [3.63, 3.8) is 0 Å². The second-order valence-corrected chi connectivity index (χ2v) is 5.03. The molecular formula is C7H16N2O5S. The number of nitrogens with zero attached hydrogens (tertiary/aromatic N) is 1. The first kappa shape index (κ1) is 14.3. The Balaban J connectivity index is 4.14. The van der Waals surface area contributed by atoms with Crippen LogP contribution in [0.15, 0.2) is 0 Å². The molecule has 0 bridgehead atoms. The van der Waals surface area contributed by atoms with Crippen LogP contribution in [0.2, 0.25) is 0 Å². The Kier molecular flexibility index (Phi) is 5.73. The summed E-state index contributed by atoms with van der Waals surface area (Å²) in [6, 6.07) is 0. The van der Waals surface area contributed by atoms with E-state index < -0.39 is 22.3 Å². The maximum Gasteiger partial charge on any atom is 0.304 e. The van der Waals surface area contributed by atoms with Crippen molar-refractivity contribution in [1.82, 2.24) is 9.03 Å². The summed E-state index contributed by atoms with van der Waals surface area (Å²) in [5, 5.41) is 17.2. The summed E-state index contributed by atoms with van der Waals surface area (Å²) in [7, 11) is -2.42. The van der Waals surface area contributed by atoms with Gasteiger partial charge >= 0.3 is 5.97 Å². The number of hydrogen-bond acceptors (Lipinski definition) is 4. The third kappa shape index (κ3) is 6.39. The highest BCUT2D eigenvalue weighted by molar-refractivity contribution is 7.87. The molecule has 0 aromatic heterocycles. The Morgan fingerprint density at radius 2 is 2.07 bits per heavy atom. The van der Waals surface area contributed by atoms with E-state index in [1.807, 2.05) is 0 Å². The SMILES string of the molecule is C[C@@H](O)CNS(=O)(=O)N(C)CCC(=O)O. The lowest BCUT2D eigenvalue weighted by Gasteiger charge is -2.17. The monoisotopic (exact) mass is 240 g/mol. The molecule has 0 heterocycles. The summed E-state index contributed by atoms with van der Waals surface area (Å²) in [5.41, 5.74) is 0. The molecule has 7 nitrogen and oxygen atoms in total. The Morgan fingerprint density at radius 1 is 1.53 bits per heavy atom. The first-order valence-corrected chi connectivity index (χ1v) is 5.80. The first-order chi connectivity index (χ1) is 6.75. The van der Waals surface area contributed by atoms with Gasteiger partial charge in [-0.2, -0.15) is 17.4 Å². The average molecular weight is 240 g/mol. The third-order valence-electron chi connectivity index (χ3n) is 1.61. The van der Waals surface area contributed by atoms with E-state index in [-0.39, 0.29) is 19.5 Å². The summed E-state index contributed by atoms with van der Waals surface area (Å²) >= 11 is 0. The number of aliphatic carboxylic acids is 1. The predicted octanol–water partition coefficient (Wildman–Crippen LogP) is -1.39. The standard InChI is InChI=1S/C7H16N2O5S/c1-6(10)5-8-15(13,14)9(2)4-3-7(11)12/h6,8,10H,3-5H2,1-2H3,(H,11,12)/t6-/m1/s1. The molecule has 3 N–H and O–H groups in total. The van der Waals surface area contributed by atoms with Crippen LogP contribution >= 0.6 is 0 Å². The van der Waals surface area contributed by atoms with E-state index in [4.69, 9.17) is 10.2 Å². The number of carboxylic acid groups (broad SMARTS) is 1. The summed E-state index contributed by atoms with van der Waals surface area (Å²) < 4.78 is 25.7. The summed E-state index contributed by atoms with van der Waals surface area (Å²) in [6.07, 6.45) is -1.04. The van der Waals surface area contributed by atoms with Gasteiger partial charge in [-0.15, -0.1) is 0 Å². The molecule has 8 heteroatoms. The van der Waals surface area contributed by atoms with Crippen molar-refractivity contribution in [1.29, 1.82) is 0 Å². The minimum absolute atomic E-state index is 0.0975. The van der Waals surface area contributed by atoms with Crippen LogP contribution in [0, 0.1) is 0 Å². The van der Waals surface area contributed by atoms with E-state index in [1.165, 1.54) is 14.0 Å². The highest BCUT2D eigenvalue weighted by Gasteiger charge is 2.18. The fourth-order valence-electron chi connectivity index (χ4n) is 0.709. The van der Waals surface area contributed by atoms with Crippen LogP contribution in [0.25, 0.3) is 0 Å². The topological polar surface area (TPSA) is 107 Å². The van der Waals surface area contributed by atoms with Gasteiger partial charge in [0.1, 0.15) is 0 Å². The number of nitrogens with one attached hydrogen (secondary N) is 1. The number of carbonyl (C=O) groups is 1. The van der Waals surface area contributed by atoms with E-state index >= 15 is 0 Å². The zero-order valence-electron chi connectivity index (χ0n) is 8.67. The number of carboxylic acids is 1. The van der Waals surface area contributed by atoms with Gasteiger partial charge in [0.2, 0.25) is 0 Å².